The number of halogens is 2. The molecule has 6 nitrogen and oxygen atoms in total. The summed E-state index contributed by atoms with van der Waals surface area (Å²) in [7, 11) is 0. The molecule has 0 aliphatic carbocycles. The van der Waals surface area contributed by atoms with Gasteiger partial charge in [0.25, 0.3) is 0 Å². The Morgan fingerprint density at radius 2 is 1.96 bits per heavy atom. The molecule has 0 radical (unpaired) electrons. The van der Waals surface area contributed by atoms with Crippen molar-refractivity contribution in [3.8, 4) is 5.75 Å². The van der Waals surface area contributed by atoms with Crippen LogP contribution in [-0.2, 0) is 11.4 Å². The van der Waals surface area contributed by atoms with Crippen LogP contribution in [0, 0.1) is 10.1 Å². The zero-order chi connectivity index (χ0) is 17.7. The van der Waals surface area contributed by atoms with Gasteiger partial charge in [-0.2, -0.15) is 0 Å². The molecule has 0 aromatic heterocycles. The molecule has 0 unspecified atom stereocenters. The van der Waals surface area contributed by atoms with Crippen molar-refractivity contribution >= 4 is 40.9 Å². The molecular formula is C16H11Cl2NO5. The van der Waals surface area contributed by atoms with Crippen molar-refractivity contribution in [2.24, 2.45) is 0 Å². The van der Waals surface area contributed by atoms with Crippen LogP contribution < -0.4 is 4.74 Å². The Kier molecular flexibility index (Phi) is 5.78. The fourth-order valence-electron chi connectivity index (χ4n) is 1.86. The number of rotatable bonds is 6. The van der Waals surface area contributed by atoms with Gasteiger partial charge in [-0.25, -0.2) is 4.79 Å². The number of hydrogen-bond acceptors (Lipinski definition) is 4. The number of carbonyl (C=O) groups is 1. The number of benzene rings is 2. The Morgan fingerprint density at radius 1 is 1.21 bits per heavy atom. The maximum Gasteiger partial charge on any atom is 0.328 e. The highest BCUT2D eigenvalue weighted by Crippen LogP contribution is 2.30. The van der Waals surface area contributed by atoms with Gasteiger partial charge in [0.1, 0.15) is 6.61 Å². The number of hydrogen-bond donors (Lipinski definition) is 1. The summed E-state index contributed by atoms with van der Waals surface area (Å²) in [6, 6.07) is 9.10. The predicted octanol–water partition coefficient (Wildman–Crippen LogP) is 4.58. The number of carboxylic acids is 1. The second-order valence-corrected chi connectivity index (χ2v) is 5.51. The average Bonchev–Trinajstić information content (AvgIpc) is 2.54. The van der Waals surface area contributed by atoms with Crippen molar-refractivity contribution in [3.05, 3.63) is 73.8 Å². The van der Waals surface area contributed by atoms with E-state index in [1.165, 1.54) is 24.3 Å². The Hall–Kier alpha value is -2.57. The van der Waals surface area contributed by atoms with Crippen molar-refractivity contribution in [2.75, 3.05) is 0 Å². The average molecular weight is 368 g/mol. The molecule has 1 N–H and O–H groups in total. The smallest absolute Gasteiger partial charge is 0.328 e. The van der Waals surface area contributed by atoms with Crippen molar-refractivity contribution in [1.29, 1.82) is 0 Å². The number of ether oxygens (including phenoxy) is 1. The summed E-state index contributed by atoms with van der Waals surface area (Å²) in [4.78, 5) is 21.1. The maximum absolute atomic E-state index is 11.2. The van der Waals surface area contributed by atoms with Crippen LogP contribution in [0.5, 0.6) is 5.75 Å². The second kappa shape index (κ2) is 7.81. The monoisotopic (exact) mass is 367 g/mol. The van der Waals surface area contributed by atoms with Gasteiger partial charge in [0.05, 0.1) is 15.0 Å². The van der Waals surface area contributed by atoms with E-state index in [2.05, 4.69) is 0 Å². The Morgan fingerprint density at radius 3 is 2.58 bits per heavy atom. The van der Waals surface area contributed by atoms with Crippen molar-refractivity contribution in [1.82, 2.24) is 0 Å². The predicted molar refractivity (Wildman–Crippen MR) is 90.6 cm³/mol. The van der Waals surface area contributed by atoms with Crippen LogP contribution in [0.4, 0.5) is 5.69 Å². The third kappa shape index (κ3) is 4.71. The summed E-state index contributed by atoms with van der Waals surface area (Å²) in [5, 5.41) is 20.5. The number of nitro groups is 1. The molecule has 2 aromatic rings. The maximum atomic E-state index is 11.2. The number of nitrogens with zero attached hydrogens (tertiary/aromatic N) is 1. The van der Waals surface area contributed by atoms with Crippen LogP contribution in [0.3, 0.4) is 0 Å². The van der Waals surface area contributed by atoms with E-state index in [1.807, 2.05) is 0 Å². The SMILES string of the molecule is O=C(O)/C=C/c1ccc(OCc2ccc(Cl)c(Cl)c2)c([N+](=O)[O-])c1. The molecular weight excluding hydrogens is 357 g/mol. The normalized spacial score (nSPS) is 10.8. The van der Waals surface area contributed by atoms with E-state index >= 15 is 0 Å². The first-order valence-electron chi connectivity index (χ1n) is 6.63. The molecule has 2 aromatic carbocycles. The molecule has 124 valence electrons. The lowest BCUT2D eigenvalue weighted by Gasteiger charge is -2.08. The summed E-state index contributed by atoms with van der Waals surface area (Å²) < 4.78 is 5.48. The highest BCUT2D eigenvalue weighted by atomic mass is 35.5. The van der Waals surface area contributed by atoms with E-state index in [9.17, 15) is 14.9 Å². The van der Waals surface area contributed by atoms with Gasteiger partial charge in [-0.3, -0.25) is 10.1 Å². The van der Waals surface area contributed by atoms with Crippen LogP contribution in [0.2, 0.25) is 10.0 Å². The molecule has 0 bridgehead atoms. The minimum atomic E-state index is -1.14. The molecule has 0 amide bonds. The Balaban J connectivity index is 2.21. The first-order valence-corrected chi connectivity index (χ1v) is 7.38. The van der Waals surface area contributed by atoms with Gasteiger partial charge >= 0.3 is 11.7 Å². The molecule has 0 fully saturated rings. The fourth-order valence-corrected chi connectivity index (χ4v) is 2.18. The zero-order valence-corrected chi connectivity index (χ0v) is 13.6. The van der Waals surface area contributed by atoms with E-state index in [4.69, 9.17) is 33.0 Å². The van der Waals surface area contributed by atoms with Crippen molar-refractivity contribution < 1.29 is 19.6 Å². The lowest BCUT2D eigenvalue weighted by molar-refractivity contribution is -0.386. The molecule has 8 heteroatoms. The molecule has 0 spiro atoms. The standard InChI is InChI=1S/C16H11Cl2NO5/c17-12-4-1-11(7-13(12)18)9-24-15-5-2-10(3-6-16(20)21)8-14(15)19(22)23/h1-8H,9H2,(H,20,21)/b6-3+. The molecule has 0 saturated heterocycles. The number of carboxylic acid groups (broad SMARTS) is 1. The molecule has 0 aliphatic rings. The number of nitro benzene ring substituents is 1. The fraction of sp³-hybridized carbons (Fsp3) is 0.0625. The lowest BCUT2D eigenvalue weighted by atomic mass is 10.1. The van der Waals surface area contributed by atoms with Crippen LogP contribution in [-0.4, -0.2) is 16.0 Å². The third-order valence-electron chi connectivity index (χ3n) is 2.98. The van der Waals surface area contributed by atoms with Gasteiger partial charge in [-0.1, -0.05) is 35.3 Å². The molecule has 24 heavy (non-hydrogen) atoms. The van der Waals surface area contributed by atoms with Gasteiger partial charge in [0.2, 0.25) is 0 Å². The van der Waals surface area contributed by atoms with Gasteiger partial charge in [-0.05, 0) is 35.4 Å². The summed E-state index contributed by atoms with van der Waals surface area (Å²) in [6.45, 7) is 0.0715. The summed E-state index contributed by atoms with van der Waals surface area (Å²) in [5.74, 6) is -1.07. The van der Waals surface area contributed by atoms with Crippen LogP contribution >= 0.6 is 23.2 Å². The summed E-state index contributed by atoms with van der Waals surface area (Å²) in [5.41, 5.74) is 0.821. The minimum Gasteiger partial charge on any atom is -0.482 e. The van der Waals surface area contributed by atoms with Crippen molar-refractivity contribution in [3.63, 3.8) is 0 Å². The highest BCUT2D eigenvalue weighted by molar-refractivity contribution is 6.42. The molecule has 0 atom stereocenters. The lowest BCUT2D eigenvalue weighted by Crippen LogP contribution is -1.99. The van der Waals surface area contributed by atoms with E-state index < -0.39 is 10.9 Å². The van der Waals surface area contributed by atoms with Crippen LogP contribution in [0.15, 0.2) is 42.5 Å². The molecule has 0 heterocycles. The van der Waals surface area contributed by atoms with Gasteiger partial charge in [-0.15, -0.1) is 0 Å². The van der Waals surface area contributed by atoms with E-state index in [1.54, 1.807) is 18.2 Å². The molecule has 0 saturated carbocycles. The molecule has 0 aliphatic heterocycles. The van der Waals surface area contributed by atoms with E-state index in [0.29, 0.717) is 21.2 Å². The van der Waals surface area contributed by atoms with E-state index in [-0.39, 0.29) is 18.0 Å². The Labute approximate surface area is 147 Å². The Bertz CT molecular complexity index is 820. The first-order chi connectivity index (χ1) is 11.4. The topological polar surface area (TPSA) is 89.7 Å². The first kappa shape index (κ1) is 17.8. The van der Waals surface area contributed by atoms with Crippen LogP contribution in [0.1, 0.15) is 11.1 Å². The second-order valence-electron chi connectivity index (χ2n) is 4.69. The number of aliphatic carboxylic acids is 1. The summed E-state index contributed by atoms with van der Waals surface area (Å²) in [6.07, 6.45) is 2.16. The van der Waals surface area contributed by atoms with Gasteiger partial charge in [0.15, 0.2) is 5.75 Å². The quantitative estimate of drug-likeness (QED) is 0.458. The third-order valence-corrected chi connectivity index (χ3v) is 3.72. The van der Waals surface area contributed by atoms with Crippen molar-refractivity contribution in [2.45, 2.75) is 6.61 Å². The van der Waals surface area contributed by atoms with Gasteiger partial charge < -0.3 is 9.84 Å². The summed E-state index contributed by atoms with van der Waals surface area (Å²) >= 11 is 11.7. The minimum absolute atomic E-state index is 0.0681. The van der Waals surface area contributed by atoms with Crippen LogP contribution in [0.25, 0.3) is 6.08 Å². The zero-order valence-electron chi connectivity index (χ0n) is 12.1. The highest BCUT2D eigenvalue weighted by Gasteiger charge is 2.16. The van der Waals surface area contributed by atoms with Gasteiger partial charge in [0, 0.05) is 12.1 Å². The van der Waals surface area contributed by atoms with E-state index in [0.717, 1.165) is 6.08 Å². The molecule has 2 rings (SSSR count). The largest absolute Gasteiger partial charge is 0.482 e.